The van der Waals surface area contributed by atoms with Gasteiger partial charge >= 0.3 is 0 Å². The van der Waals surface area contributed by atoms with Crippen molar-refractivity contribution in [3.05, 3.63) is 16.7 Å². The maximum absolute atomic E-state index is 5.30. The third-order valence-corrected chi connectivity index (χ3v) is 3.73. The Kier molecular flexibility index (Phi) is 3.82. The van der Waals surface area contributed by atoms with Crippen molar-refractivity contribution in [2.24, 2.45) is 0 Å². The predicted molar refractivity (Wildman–Crippen MR) is 69.3 cm³/mol. The van der Waals surface area contributed by atoms with Crippen LogP contribution in [0.4, 0.5) is 0 Å². The molecule has 2 rings (SSSR count). The number of rotatable bonds is 6. The summed E-state index contributed by atoms with van der Waals surface area (Å²) < 4.78 is 3.10. The molecule has 0 aromatic carbocycles. The number of nitrogens with zero attached hydrogens (tertiary/aromatic N) is 2. The summed E-state index contributed by atoms with van der Waals surface area (Å²) in [6, 6.07) is 0.850. The molecule has 0 amide bonds. The van der Waals surface area contributed by atoms with Crippen molar-refractivity contribution >= 4 is 12.2 Å². The SMILES string of the molecule is CCc1c[nH]c(=S)n1CCN(CC)C1CC1. The molecule has 1 fully saturated rings. The number of likely N-dealkylation sites (N-methyl/N-ethyl adjacent to an activating group) is 1. The van der Waals surface area contributed by atoms with Crippen molar-refractivity contribution in [1.29, 1.82) is 0 Å². The highest BCUT2D eigenvalue weighted by Gasteiger charge is 2.27. The molecule has 1 N–H and O–H groups in total. The van der Waals surface area contributed by atoms with Gasteiger partial charge in [0.25, 0.3) is 0 Å². The minimum Gasteiger partial charge on any atom is -0.337 e. The van der Waals surface area contributed by atoms with Crippen LogP contribution < -0.4 is 0 Å². The summed E-state index contributed by atoms with van der Waals surface area (Å²) >= 11 is 5.30. The van der Waals surface area contributed by atoms with Crippen LogP contribution in [-0.4, -0.2) is 33.6 Å². The van der Waals surface area contributed by atoms with E-state index in [1.807, 2.05) is 6.20 Å². The van der Waals surface area contributed by atoms with Crippen molar-refractivity contribution in [2.45, 2.75) is 45.7 Å². The summed E-state index contributed by atoms with van der Waals surface area (Å²) in [7, 11) is 0. The van der Waals surface area contributed by atoms with Gasteiger partial charge in [-0.05, 0) is 38.0 Å². The Balaban J connectivity index is 1.97. The molecule has 0 aliphatic heterocycles. The van der Waals surface area contributed by atoms with Crippen LogP contribution in [0.25, 0.3) is 0 Å². The summed E-state index contributed by atoms with van der Waals surface area (Å²) in [6.07, 6.45) is 5.85. The lowest BCUT2D eigenvalue weighted by atomic mass is 10.3. The standard InChI is InChI=1S/C12H21N3S/c1-3-10-9-13-12(16)15(10)8-7-14(4-2)11-5-6-11/h9,11H,3-8H2,1-2H3,(H,13,16). The van der Waals surface area contributed by atoms with Gasteiger partial charge in [0.1, 0.15) is 0 Å². The lowest BCUT2D eigenvalue weighted by Crippen LogP contribution is -2.29. The average molecular weight is 239 g/mol. The first-order valence-electron chi connectivity index (χ1n) is 6.27. The Morgan fingerprint density at radius 2 is 2.25 bits per heavy atom. The van der Waals surface area contributed by atoms with Gasteiger partial charge in [0, 0.05) is 31.0 Å². The Morgan fingerprint density at radius 1 is 1.50 bits per heavy atom. The number of H-pyrrole nitrogens is 1. The summed E-state index contributed by atoms with van der Waals surface area (Å²) in [6.45, 7) is 7.72. The molecular formula is C12H21N3S. The van der Waals surface area contributed by atoms with Gasteiger partial charge in [-0.1, -0.05) is 13.8 Å². The maximum Gasteiger partial charge on any atom is 0.177 e. The van der Waals surface area contributed by atoms with E-state index >= 15 is 0 Å². The van der Waals surface area contributed by atoms with Gasteiger partial charge in [-0.3, -0.25) is 4.90 Å². The number of aromatic nitrogens is 2. The first kappa shape index (κ1) is 11.9. The van der Waals surface area contributed by atoms with Crippen LogP contribution in [0.15, 0.2) is 6.20 Å². The fourth-order valence-corrected chi connectivity index (χ4v) is 2.50. The number of hydrogen-bond acceptors (Lipinski definition) is 2. The number of nitrogens with one attached hydrogen (secondary N) is 1. The number of aryl methyl sites for hydroxylation is 1. The minimum atomic E-state index is 0.850. The van der Waals surface area contributed by atoms with Gasteiger partial charge in [0.05, 0.1) is 0 Å². The van der Waals surface area contributed by atoms with Gasteiger partial charge in [0.15, 0.2) is 4.77 Å². The molecule has 1 aliphatic rings. The molecule has 0 bridgehead atoms. The fourth-order valence-electron chi connectivity index (χ4n) is 2.24. The highest BCUT2D eigenvalue weighted by Crippen LogP contribution is 2.26. The van der Waals surface area contributed by atoms with Gasteiger partial charge in [-0.25, -0.2) is 0 Å². The van der Waals surface area contributed by atoms with Crippen molar-refractivity contribution in [2.75, 3.05) is 13.1 Å². The van der Waals surface area contributed by atoms with Gasteiger partial charge in [0.2, 0.25) is 0 Å². The minimum absolute atomic E-state index is 0.850. The monoisotopic (exact) mass is 239 g/mol. The second-order valence-corrected chi connectivity index (χ2v) is 4.84. The zero-order chi connectivity index (χ0) is 11.5. The summed E-state index contributed by atoms with van der Waals surface area (Å²) in [5.41, 5.74) is 1.32. The number of hydrogen-bond donors (Lipinski definition) is 1. The van der Waals surface area contributed by atoms with Crippen LogP contribution in [0.1, 0.15) is 32.4 Å². The summed E-state index contributed by atoms with van der Waals surface area (Å²) in [4.78, 5) is 5.70. The van der Waals surface area contributed by atoms with Crippen molar-refractivity contribution in [3.63, 3.8) is 0 Å². The maximum atomic E-state index is 5.30. The van der Waals surface area contributed by atoms with Crippen LogP contribution in [0.3, 0.4) is 0 Å². The quantitative estimate of drug-likeness (QED) is 0.772. The van der Waals surface area contributed by atoms with E-state index in [1.54, 1.807) is 0 Å². The average Bonchev–Trinajstić information content (AvgIpc) is 3.06. The first-order valence-corrected chi connectivity index (χ1v) is 6.68. The molecule has 1 aliphatic carbocycles. The zero-order valence-corrected chi connectivity index (χ0v) is 11.0. The van der Waals surface area contributed by atoms with Gasteiger partial charge in [-0.15, -0.1) is 0 Å². The van der Waals surface area contributed by atoms with Crippen LogP contribution in [0.2, 0.25) is 0 Å². The molecule has 3 nitrogen and oxygen atoms in total. The van der Waals surface area contributed by atoms with Crippen molar-refractivity contribution in [3.8, 4) is 0 Å². The molecule has 90 valence electrons. The lowest BCUT2D eigenvalue weighted by Gasteiger charge is -2.20. The lowest BCUT2D eigenvalue weighted by molar-refractivity contribution is 0.264. The zero-order valence-electron chi connectivity index (χ0n) is 10.2. The summed E-state index contributed by atoms with van der Waals surface area (Å²) in [5.74, 6) is 0. The third-order valence-electron chi connectivity index (χ3n) is 3.40. The van der Waals surface area contributed by atoms with E-state index in [4.69, 9.17) is 12.2 Å². The predicted octanol–water partition coefficient (Wildman–Crippen LogP) is 2.59. The number of imidazole rings is 1. The molecule has 0 spiro atoms. The molecular weight excluding hydrogens is 218 g/mol. The smallest absolute Gasteiger partial charge is 0.177 e. The molecule has 0 radical (unpaired) electrons. The molecule has 1 aromatic heterocycles. The normalized spacial score (nSPS) is 15.9. The molecule has 1 heterocycles. The van der Waals surface area contributed by atoms with Crippen molar-refractivity contribution in [1.82, 2.24) is 14.5 Å². The molecule has 1 aromatic rings. The number of aromatic amines is 1. The molecule has 1 saturated carbocycles. The third kappa shape index (κ3) is 2.55. The molecule has 16 heavy (non-hydrogen) atoms. The molecule has 0 saturated heterocycles. The van der Waals surface area contributed by atoms with E-state index in [2.05, 4.69) is 28.3 Å². The Morgan fingerprint density at radius 3 is 2.81 bits per heavy atom. The van der Waals surface area contributed by atoms with Crippen molar-refractivity contribution < 1.29 is 0 Å². The highest BCUT2D eigenvalue weighted by atomic mass is 32.1. The van der Waals surface area contributed by atoms with E-state index in [0.717, 1.165) is 36.9 Å². The van der Waals surface area contributed by atoms with E-state index in [-0.39, 0.29) is 0 Å². The van der Waals surface area contributed by atoms with Gasteiger partial charge in [-0.2, -0.15) is 0 Å². The van der Waals surface area contributed by atoms with Gasteiger partial charge < -0.3 is 9.55 Å². The van der Waals surface area contributed by atoms with Crippen LogP contribution in [0.5, 0.6) is 0 Å². The van der Waals surface area contributed by atoms with E-state index in [9.17, 15) is 0 Å². The van der Waals surface area contributed by atoms with Crippen LogP contribution in [0, 0.1) is 4.77 Å². The van der Waals surface area contributed by atoms with E-state index < -0.39 is 0 Å². The summed E-state index contributed by atoms with van der Waals surface area (Å²) in [5, 5.41) is 0. The Labute approximate surface area is 102 Å². The molecule has 0 atom stereocenters. The molecule has 0 unspecified atom stereocenters. The second-order valence-electron chi connectivity index (χ2n) is 4.45. The Bertz CT molecular complexity index is 389. The fraction of sp³-hybridized carbons (Fsp3) is 0.750. The highest BCUT2D eigenvalue weighted by molar-refractivity contribution is 7.71. The largest absolute Gasteiger partial charge is 0.337 e. The first-order chi connectivity index (χ1) is 7.76. The van der Waals surface area contributed by atoms with E-state index in [0.29, 0.717) is 0 Å². The van der Waals surface area contributed by atoms with Crippen LogP contribution in [-0.2, 0) is 13.0 Å². The second kappa shape index (κ2) is 5.15. The van der Waals surface area contributed by atoms with E-state index in [1.165, 1.54) is 18.5 Å². The Hall–Kier alpha value is -0.610. The van der Waals surface area contributed by atoms with Crippen LogP contribution >= 0.6 is 12.2 Å². The molecule has 4 heteroatoms. The topological polar surface area (TPSA) is 24.0 Å².